The molecule has 0 aliphatic heterocycles. The van der Waals surface area contributed by atoms with Crippen LogP contribution in [0.25, 0.3) is 10.8 Å². The van der Waals surface area contributed by atoms with Crippen LogP contribution in [0.15, 0.2) is 65.6 Å². The highest BCUT2D eigenvalue weighted by atomic mass is 19.4. The Balaban J connectivity index is 1.73. The van der Waals surface area contributed by atoms with Gasteiger partial charge in [-0.3, -0.25) is 4.79 Å². The molecule has 2 N–H and O–H groups in total. The summed E-state index contributed by atoms with van der Waals surface area (Å²) in [4.78, 5) is 13.8. The molecule has 0 bridgehead atoms. The van der Waals surface area contributed by atoms with Gasteiger partial charge in [0.25, 0.3) is 0 Å². The van der Waals surface area contributed by atoms with E-state index < -0.39 is 23.5 Å². The van der Waals surface area contributed by atoms with Crippen molar-refractivity contribution in [1.82, 2.24) is 15.2 Å². The number of H-pyrrole nitrogens is 1. The van der Waals surface area contributed by atoms with Crippen molar-refractivity contribution in [3.63, 3.8) is 0 Å². The number of rotatable bonds is 4. The minimum Gasteiger partial charge on any atom is -0.338 e. The Hall–Kier alpha value is -3.89. The number of nitrogens with one attached hydrogen (secondary N) is 2. The molecule has 2 heterocycles. The van der Waals surface area contributed by atoms with Crippen LogP contribution in [-0.4, -0.2) is 15.2 Å². The molecule has 0 fully saturated rings. The van der Waals surface area contributed by atoms with Gasteiger partial charge in [-0.1, -0.05) is 30.3 Å². The van der Waals surface area contributed by atoms with Crippen molar-refractivity contribution in [2.75, 3.05) is 5.32 Å². The van der Waals surface area contributed by atoms with E-state index in [0.29, 0.717) is 35.0 Å². The van der Waals surface area contributed by atoms with E-state index in [2.05, 4.69) is 20.5 Å². The van der Waals surface area contributed by atoms with Crippen LogP contribution in [0.4, 0.5) is 37.8 Å². The predicted octanol–water partition coefficient (Wildman–Crippen LogP) is 5.69. The van der Waals surface area contributed by atoms with Crippen LogP contribution in [0.2, 0.25) is 0 Å². The molecule has 33 heavy (non-hydrogen) atoms. The van der Waals surface area contributed by atoms with Gasteiger partial charge in [0.15, 0.2) is 5.82 Å². The lowest BCUT2D eigenvalue weighted by atomic mass is 10.0. The molecule has 0 atom stereocenters. The maximum absolute atomic E-state index is 13.3. The third-order valence-electron chi connectivity index (χ3n) is 4.88. The molecule has 0 unspecified atom stereocenters. The topological polar surface area (TPSA) is 70.7 Å². The van der Waals surface area contributed by atoms with Crippen LogP contribution in [0.3, 0.4) is 0 Å². The second kappa shape index (κ2) is 8.23. The minimum absolute atomic E-state index is 0.0868. The summed E-state index contributed by atoms with van der Waals surface area (Å²) >= 11 is 0. The fourth-order valence-electron chi connectivity index (χ4n) is 3.37. The number of fused-ring (bicyclic) bond motifs is 1. The van der Waals surface area contributed by atoms with Gasteiger partial charge >= 0.3 is 12.4 Å². The summed E-state index contributed by atoms with van der Waals surface area (Å²) < 4.78 is 78.9. The quantitative estimate of drug-likeness (QED) is 0.381. The van der Waals surface area contributed by atoms with Crippen molar-refractivity contribution >= 4 is 22.3 Å². The average Bonchev–Trinajstić information content (AvgIpc) is 2.75. The van der Waals surface area contributed by atoms with Gasteiger partial charge < -0.3 is 10.3 Å². The molecule has 2 aromatic heterocycles. The molecule has 4 rings (SSSR count). The molecule has 170 valence electrons. The number of pyridine rings is 1. The van der Waals surface area contributed by atoms with Crippen LogP contribution in [0.5, 0.6) is 0 Å². The van der Waals surface area contributed by atoms with E-state index in [9.17, 15) is 31.1 Å². The summed E-state index contributed by atoms with van der Waals surface area (Å²) in [5.41, 5.74) is -2.74. The monoisotopic (exact) mass is 464 g/mol. The molecule has 11 heteroatoms. The first-order valence-electron chi connectivity index (χ1n) is 9.50. The van der Waals surface area contributed by atoms with E-state index in [1.807, 2.05) is 0 Å². The number of aromatic amines is 1. The van der Waals surface area contributed by atoms with E-state index >= 15 is 0 Å². The second-order valence-corrected chi connectivity index (χ2v) is 7.16. The molecule has 0 amide bonds. The third-order valence-corrected chi connectivity index (χ3v) is 4.88. The number of hydrogen-bond donors (Lipinski definition) is 2. The Kier molecular flexibility index (Phi) is 5.56. The lowest BCUT2D eigenvalue weighted by Gasteiger charge is -2.17. The number of alkyl halides is 6. The number of aromatic nitrogens is 3. The van der Waals surface area contributed by atoms with Gasteiger partial charge in [0.05, 0.1) is 16.8 Å². The highest BCUT2D eigenvalue weighted by molar-refractivity contribution is 5.94. The Morgan fingerprint density at radius 3 is 2.15 bits per heavy atom. The molecular formula is C22H14F6N4O. The summed E-state index contributed by atoms with van der Waals surface area (Å²) in [6.45, 7) is 0. The Labute approximate surface area is 182 Å². The van der Waals surface area contributed by atoms with E-state index in [-0.39, 0.29) is 17.1 Å². The van der Waals surface area contributed by atoms with E-state index in [1.54, 1.807) is 30.3 Å². The predicted molar refractivity (Wildman–Crippen MR) is 109 cm³/mol. The zero-order valence-electron chi connectivity index (χ0n) is 16.6. The van der Waals surface area contributed by atoms with Crippen LogP contribution < -0.4 is 10.9 Å². The molecule has 4 aromatic rings. The lowest BCUT2D eigenvalue weighted by molar-refractivity contribution is -0.162. The van der Waals surface area contributed by atoms with Gasteiger partial charge in [0.2, 0.25) is 5.56 Å². The van der Waals surface area contributed by atoms with Gasteiger partial charge in [-0.2, -0.15) is 31.4 Å². The SMILES string of the molecule is O=c1ccc(Cc2nnc(Nc3ccc(C(F)(F)F)c(C(F)(F)F)c3)c3ccccc23)c[nH]1. The van der Waals surface area contributed by atoms with Gasteiger partial charge in [0.1, 0.15) is 0 Å². The molecule has 0 aliphatic rings. The number of nitrogens with zero attached hydrogens (tertiary/aromatic N) is 2. The standard InChI is InChI=1S/C22H14F6N4O/c23-21(24,25)16-7-6-13(10-17(16)22(26,27)28)30-20-15-4-2-1-3-14(15)18(31-32-20)9-12-5-8-19(33)29-11-12/h1-8,10-11H,9H2,(H,29,33)(H,30,32). The van der Waals surface area contributed by atoms with Crippen LogP contribution >= 0.6 is 0 Å². The van der Waals surface area contributed by atoms with Crippen molar-refractivity contribution in [2.45, 2.75) is 18.8 Å². The molecule has 2 aromatic carbocycles. The normalized spacial score (nSPS) is 12.2. The van der Waals surface area contributed by atoms with Gasteiger partial charge in [-0.05, 0) is 23.8 Å². The zero-order valence-corrected chi connectivity index (χ0v) is 16.6. The fourth-order valence-corrected chi connectivity index (χ4v) is 3.37. The average molecular weight is 464 g/mol. The number of anilines is 2. The van der Waals surface area contributed by atoms with E-state index in [0.717, 1.165) is 11.6 Å². The summed E-state index contributed by atoms with van der Waals surface area (Å²) in [5.74, 6) is 0.0868. The van der Waals surface area contributed by atoms with E-state index in [4.69, 9.17) is 0 Å². The zero-order chi connectivity index (χ0) is 23.8. The van der Waals surface area contributed by atoms with Gasteiger partial charge in [0, 0.05) is 35.1 Å². The molecule has 0 aliphatic carbocycles. The molecule has 0 spiro atoms. The van der Waals surface area contributed by atoms with Crippen LogP contribution in [0, 0.1) is 0 Å². The highest BCUT2D eigenvalue weighted by Gasteiger charge is 2.43. The second-order valence-electron chi connectivity index (χ2n) is 7.16. The first-order valence-corrected chi connectivity index (χ1v) is 9.50. The molecule has 0 radical (unpaired) electrons. The van der Waals surface area contributed by atoms with Gasteiger partial charge in [-0.15, -0.1) is 5.10 Å². The largest absolute Gasteiger partial charge is 0.417 e. The van der Waals surface area contributed by atoms with E-state index in [1.165, 1.54) is 12.3 Å². The van der Waals surface area contributed by atoms with Crippen molar-refractivity contribution in [1.29, 1.82) is 0 Å². The van der Waals surface area contributed by atoms with Gasteiger partial charge in [-0.25, -0.2) is 0 Å². The number of hydrogen-bond acceptors (Lipinski definition) is 4. The summed E-state index contributed by atoms with van der Waals surface area (Å²) in [6, 6.07) is 11.5. The van der Waals surface area contributed by atoms with Crippen molar-refractivity contribution in [3.05, 3.63) is 93.5 Å². The minimum atomic E-state index is -5.20. The smallest absolute Gasteiger partial charge is 0.338 e. The molecule has 5 nitrogen and oxygen atoms in total. The maximum atomic E-state index is 13.3. The third kappa shape index (κ3) is 4.81. The first kappa shape index (κ1) is 22.3. The van der Waals surface area contributed by atoms with Crippen LogP contribution in [-0.2, 0) is 18.8 Å². The number of benzene rings is 2. The molecule has 0 saturated heterocycles. The molecular weight excluding hydrogens is 450 g/mol. The fraction of sp³-hybridized carbons (Fsp3) is 0.136. The Bertz CT molecular complexity index is 1360. The van der Waals surface area contributed by atoms with Crippen LogP contribution in [0.1, 0.15) is 22.4 Å². The summed E-state index contributed by atoms with van der Waals surface area (Å²) in [7, 11) is 0. The Morgan fingerprint density at radius 2 is 1.52 bits per heavy atom. The summed E-state index contributed by atoms with van der Waals surface area (Å²) in [6.07, 6.45) is -8.50. The van der Waals surface area contributed by atoms with Crippen molar-refractivity contribution < 1.29 is 26.3 Å². The highest BCUT2D eigenvalue weighted by Crippen LogP contribution is 2.41. The summed E-state index contributed by atoms with van der Waals surface area (Å²) in [5, 5.41) is 12.0. The lowest BCUT2D eigenvalue weighted by Crippen LogP contribution is -2.16. The van der Waals surface area contributed by atoms with Crippen molar-refractivity contribution in [3.8, 4) is 0 Å². The maximum Gasteiger partial charge on any atom is 0.417 e. The van der Waals surface area contributed by atoms with Crippen molar-refractivity contribution in [2.24, 2.45) is 0 Å². The Morgan fingerprint density at radius 1 is 0.818 bits per heavy atom. The molecule has 0 saturated carbocycles. The first-order chi connectivity index (χ1) is 15.5. The number of halogens is 6.